The molecule has 0 spiro atoms. The first-order chi connectivity index (χ1) is 13.8. The molecule has 1 unspecified atom stereocenters. The molecule has 0 radical (unpaired) electrons. The third kappa shape index (κ3) is 4.70. The summed E-state index contributed by atoms with van der Waals surface area (Å²) in [4.78, 5) is 6.93. The van der Waals surface area contributed by atoms with Crippen LogP contribution in [0.3, 0.4) is 0 Å². The number of hydrogen-bond donors (Lipinski definition) is 0. The lowest BCUT2D eigenvalue weighted by Gasteiger charge is -2.31. The van der Waals surface area contributed by atoms with E-state index in [4.69, 9.17) is 14.0 Å². The molecule has 6 heteroatoms. The number of likely N-dealkylation sites (tertiary alicyclic amines) is 1. The van der Waals surface area contributed by atoms with Gasteiger partial charge in [0.2, 0.25) is 11.7 Å². The van der Waals surface area contributed by atoms with Gasteiger partial charge in [-0.05, 0) is 55.8 Å². The van der Waals surface area contributed by atoms with Crippen LogP contribution in [0.4, 0.5) is 0 Å². The second-order valence-corrected chi connectivity index (χ2v) is 7.11. The van der Waals surface area contributed by atoms with Gasteiger partial charge in [0.1, 0.15) is 11.5 Å². The number of para-hydroxylation sites is 1. The molecule has 1 aliphatic rings. The predicted octanol–water partition coefficient (Wildman–Crippen LogP) is 4.04. The van der Waals surface area contributed by atoms with Gasteiger partial charge in [0, 0.05) is 18.0 Å². The molecule has 1 aliphatic heterocycles. The molecule has 28 heavy (non-hydrogen) atoms. The van der Waals surface area contributed by atoms with E-state index in [1.807, 2.05) is 54.6 Å². The molecule has 0 amide bonds. The molecule has 2 aromatic carbocycles. The molecule has 1 atom stereocenters. The maximum Gasteiger partial charge on any atom is 0.241 e. The van der Waals surface area contributed by atoms with E-state index in [1.165, 1.54) is 6.42 Å². The van der Waals surface area contributed by atoms with Gasteiger partial charge in [-0.25, -0.2) is 0 Å². The fourth-order valence-corrected chi connectivity index (χ4v) is 3.53. The van der Waals surface area contributed by atoms with Gasteiger partial charge in [0.05, 0.1) is 20.3 Å². The number of piperidine rings is 1. The highest BCUT2D eigenvalue weighted by Crippen LogP contribution is 2.22. The van der Waals surface area contributed by atoms with Gasteiger partial charge < -0.3 is 14.0 Å². The van der Waals surface area contributed by atoms with E-state index < -0.39 is 0 Å². The first-order valence-corrected chi connectivity index (χ1v) is 9.67. The lowest BCUT2D eigenvalue weighted by atomic mass is 9.99. The van der Waals surface area contributed by atoms with E-state index in [-0.39, 0.29) is 0 Å². The minimum Gasteiger partial charge on any atom is -0.497 e. The number of aromatic nitrogens is 2. The maximum absolute atomic E-state index is 5.94. The minimum atomic E-state index is 0.512. The average molecular weight is 379 g/mol. The van der Waals surface area contributed by atoms with Crippen molar-refractivity contribution in [1.29, 1.82) is 0 Å². The largest absolute Gasteiger partial charge is 0.497 e. The van der Waals surface area contributed by atoms with Gasteiger partial charge in [-0.3, -0.25) is 4.90 Å². The van der Waals surface area contributed by atoms with E-state index in [9.17, 15) is 0 Å². The Balaban J connectivity index is 1.32. The topological polar surface area (TPSA) is 60.6 Å². The first-order valence-electron chi connectivity index (χ1n) is 9.67. The number of rotatable bonds is 7. The summed E-state index contributed by atoms with van der Waals surface area (Å²) >= 11 is 0. The van der Waals surface area contributed by atoms with Crippen LogP contribution in [0.2, 0.25) is 0 Å². The summed E-state index contributed by atoms with van der Waals surface area (Å²) in [6.07, 6.45) is 2.34. The van der Waals surface area contributed by atoms with E-state index >= 15 is 0 Å². The summed E-state index contributed by atoms with van der Waals surface area (Å²) in [5.41, 5.74) is 0.920. The Labute approximate surface area is 165 Å². The Bertz CT molecular complexity index is 864. The van der Waals surface area contributed by atoms with Crippen molar-refractivity contribution in [3.8, 4) is 22.9 Å². The number of hydrogen-bond acceptors (Lipinski definition) is 6. The summed E-state index contributed by atoms with van der Waals surface area (Å²) in [5.74, 6) is 3.51. The highest BCUT2D eigenvalue weighted by Gasteiger charge is 2.22. The van der Waals surface area contributed by atoms with Gasteiger partial charge in [-0.1, -0.05) is 23.4 Å². The molecule has 1 fully saturated rings. The SMILES string of the molecule is COc1ccc(-c2noc(CN3CCCC(COc4ccccc4)C3)n2)cc1. The fourth-order valence-electron chi connectivity index (χ4n) is 3.53. The monoisotopic (exact) mass is 379 g/mol. The summed E-state index contributed by atoms with van der Waals surface area (Å²) in [6.45, 7) is 3.43. The van der Waals surface area contributed by atoms with Gasteiger partial charge in [-0.2, -0.15) is 4.98 Å². The zero-order valence-corrected chi connectivity index (χ0v) is 16.1. The molecule has 0 bridgehead atoms. The van der Waals surface area contributed by atoms with Crippen LogP contribution in [0, 0.1) is 5.92 Å². The van der Waals surface area contributed by atoms with Gasteiger partial charge in [0.25, 0.3) is 0 Å². The fraction of sp³-hybridized carbons (Fsp3) is 0.364. The summed E-state index contributed by atoms with van der Waals surface area (Å²) < 4.78 is 16.6. The van der Waals surface area contributed by atoms with Crippen molar-refractivity contribution in [3.05, 3.63) is 60.5 Å². The molecule has 0 N–H and O–H groups in total. The van der Waals surface area contributed by atoms with E-state index in [0.717, 1.165) is 43.2 Å². The van der Waals surface area contributed by atoms with Crippen LogP contribution in [0.15, 0.2) is 59.1 Å². The summed E-state index contributed by atoms with van der Waals surface area (Å²) in [5, 5.41) is 4.12. The molecule has 0 saturated carbocycles. The highest BCUT2D eigenvalue weighted by molar-refractivity contribution is 5.55. The summed E-state index contributed by atoms with van der Waals surface area (Å²) in [7, 11) is 1.65. The highest BCUT2D eigenvalue weighted by atomic mass is 16.5. The molecule has 2 heterocycles. The zero-order valence-electron chi connectivity index (χ0n) is 16.1. The van der Waals surface area contributed by atoms with Crippen molar-refractivity contribution in [2.45, 2.75) is 19.4 Å². The van der Waals surface area contributed by atoms with Crippen molar-refractivity contribution >= 4 is 0 Å². The Hall–Kier alpha value is -2.86. The Morgan fingerprint density at radius 1 is 1.07 bits per heavy atom. The van der Waals surface area contributed by atoms with Crippen molar-refractivity contribution in [1.82, 2.24) is 15.0 Å². The molecule has 3 aromatic rings. The Morgan fingerprint density at radius 3 is 2.68 bits per heavy atom. The second-order valence-electron chi connectivity index (χ2n) is 7.11. The van der Waals surface area contributed by atoms with Crippen molar-refractivity contribution in [3.63, 3.8) is 0 Å². The van der Waals surface area contributed by atoms with Crippen LogP contribution in [-0.4, -0.2) is 41.8 Å². The average Bonchev–Trinajstić information content (AvgIpc) is 3.22. The van der Waals surface area contributed by atoms with E-state index in [1.54, 1.807) is 7.11 Å². The van der Waals surface area contributed by atoms with Crippen LogP contribution in [0.5, 0.6) is 11.5 Å². The lowest BCUT2D eigenvalue weighted by Crippen LogP contribution is -2.37. The number of benzene rings is 2. The summed E-state index contributed by atoms with van der Waals surface area (Å²) in [6, 6.07) is 17.7. The Kier molecular flexibility index (Phi) is 5.87. The molecule has 4 rings (SSSR count). The molecule has 146 valence electrons. The maximum atomic E-state index is 5.94. The third-order valence-corrected chi connectivity index (χ3v) is 5.01. The first kappa shape index (κ1) is 18.5. The van der Waals surface area contributed by atoms with Crippen molar-refractivity contribution < 1.29 is 14.0 Å². The van der Waals surface area contributed by atoms with Gasteiger partial charge >= 0.3 is 0 Å². The minimum absolute atomic E-state index is 0.512. The second kappa shape index (κ2) is 8.89. The quantitative estimate of drug-likeness (QED) is 0.618. The number of ether oxygens (including phenoxy) is 2. The standard InChI is InChI=1S/C22H25N3O3/c1-26-19-11-9-18(10-12-19)22-23-21(28-24-22)15-25-13-5-6-17(14-25)16-27-20-7-3-2-4-8-20/h2-4,7-12,17H,5-6,13-16H2,1H3. The number of methoxy groups -OCH3 is 1. The van der Waals surface area contributed by atoms with Crippen molar-refractivity contribution in [2.24, 2.45) is 5.92 Å². The van der Waals surface area contributed by atoms with E-state index in [0.29, 0.717) is 24.2 Å². The molecular weight excluding hydrogens is 354 g/mol. The predicted molar refractivity (Wildman–Crippen MR) is 106 cm³/mol. The lowest BCUT2D eigenvalue weighted by molar-refractivity contribution is 0.115. The normalized spacial score (nSPS) is 17.4. The third-order valence-electron chi connectivity index (χ3n) is 5.01. The van der Waals surface area contributed by atoms with Crippen molar-refractivity contribution in [2.75, 3.05) is 26.8 Å². The van der Waals surface area contributed by atoms with Gasteiger partial charge in [-0.15, -0.1) is 0 Å². The molecule has 1 saturated heterocycles. The van der Waals surface area contributed by atoms with Crippen LogP contribution < -0.4 is 9.47 Å². The van der Waals surface area contributed by atoms with Crippen LogP contribution in [0.1, 0.15) is 18.7 Å². The van der Waals surface area contributed by atoms with Gasteiger partial charge in [0.15, 0.2) is 0 Å². The number of nitrogens with zero attached hydrogens (tertiary/aromatic N) is 3. The Morgan fingerprint density at radius 2 is 1.89 bits per heavy atom. The smallest absolute Gasteiger partial charge is 0.241 e. The molecule has 6 nitrogen and oxygen atoms in total. The molecular formula is C22H25N3O3. The molecule has 1 aromatic heterocycles. The van der Waals surface area contributed by atoms with E-state index in [2.05, 4.69) is 15.0 Å². The van der Waals surface area contributed by atoms with Crippen LogP contribution >= 0.6 is 0 Å². The van der Waals surface area contributed by atoms with Crippen LogP contribution in [-0.2, 0) is 6.54 Å². The van der Waals surface area contributed by atoms with Crippen LogP contribution in [0.25, 0.3) is 11.4 Å². The molecule has 0 aliphatic carbocycles. The zero-order chi connectivity index (χ0) is 19.2.